The largest absolute Gasteiger partial charge is 0.382 e. The number of hydrogen-bond donors (Lipinski definition) is 1. The number of ether oxygens (including phenoxy) is 2. The Hall–Kier alpha value is -0.0600. The summed E-state index contributed by atoms with van der Waals surface area (Å²) < 4.78 is 23.3. The third-order valence-corrected chi connectivity index (χ3v) is 1.00. The van der Waals surface area contributed by atoms with Gasteiger partial charge in [0.05, 0.1) is 13.2 Å². The molecule has 0 saturated heterocycles. The van der Waals surface area contributed by atoms with E-state index in [9.17, 15) is 4.57 Å². The highest BCUT2D eigenvalue weighted by atomic mass is 31.1. The first-order chi connectivity index (χ1) is 4.77. The van der Waals surface area contributed by atoms with Gasteiger partial charge in [-0.15, -0.1) is 0 Å². The van der Waals surface area contributed by atoms with E-state index in [0.717, 1.165) is 0 Å². The fourth-order valence-corrected chi connectivity index (χ4v) is 0.448. The van der Waals surface area contributed by atoms with Crippen LogP contribution < -0.4 is 0 Å². The standard InChI is InChI=1S/C4H10O5P/c1-7-2-3-8-4-9-10(5)6/h2-4H2,1H3,(H,5,6). The Morgan fingerprint density at radius 1 is 1.50 bits per heavy atom. The van der Waals surface area contributed by atoms with Crippen molar-refractivity contribution < 1.29 is 23.5 Å². The van der Waals surface area contributed by atoms with Gasteiger partial charge in [-0.25, -0.2) is 4.57 Å². The third-order valence-electron chi connectivity index (χ3n) is 0.678. The van der Waals surface area contributed by atoms with E-state index < -0.39 is 8.25 Å². The van der Waals surface area contributed by atoms with Gasteiger partial charge < -0.3 is 9.47 Å². The van der Waals surface area contributed by atoms with Crippen LogP contribution in [-0.4, -0.2) is 32.0 Å². The van der Waals surface area contributed by atoms with E-state index >= 15 is 0 Å². The summed E-state index contributed by atoms with van der Waals surface area (Å²) in [6, 6.07) is 0. The van der Waals surface area contributed by atoms with Crippen LogP contribution in [-0.2, 0) is 18.6 Å². The number of methoxy groups -OCH3 is 1. The Bertz CT molecular complexity index is 95.6. The molecule has 61 valence electrons. The number of rotatable bonds is 6. The highest BCUT2D eigenvalue weighted by molar-refractivity contribution is 7.32. The molecule has 5 nitrogen and oxygen atoms in total. The van der Waals surface area contributed by atoms with Crippen LogP contribution in [0.15, 0.2) is 0 Å². The van der Waals surface area contributed by atoms with E-state index in [2.05, 4.69) is 9.26 Å². The topological polar surface area (TPSA) is 65.0 Å². The second-order valence-electron chi connectivity index (χ2n) is 1.39. The highest BCUT2D eigenvalue weighted by Gasteiger charge is 1.92. The first-order valence-electron chi connectivity index (χ1n) is 2.63. The van der Waals surface area contributed by atoms with E-state index in [0.29, 0.717) is 13.2 Å². The summed E-state index contributed by atoms with van der Waals surface area (Å²) in [7, 11) is -0.999. The van der Waals surface area contributed by atoms with Gasteiger partial charge in [-0.2, -0.15) is 0 Å². The maximum atomic E-state index is 9.85. The lowest BCUT2D eigenvalue weighted by atomic mass is 10.8. The maximum absolute atomic E-state index is 9.85. The van der Waals surface area contributed by atoms with E-state index in [1.165, 1.54) is 7.11 Å². The van der Waals surface area contributed by atoms with Crippen molar-refractivity contribution in [2.24, 2.45) is 0 Å². The molecule has 0 aromatic rings. The average Bonchev–Trinajstić information content (AvgIpc) is 1.87. The van der Waals surface area contributed by atoms with Crippen LogP contribution in [0.2, 0.25) is 0 Å². The SMILES string of the molecule is COCCOCO[P](=O)O. The van der Waals surface area contributed by atoms with Gasteiger partial charge in [0, 0.05) is 7.11 Å². The summed E-state index contributed by atoms with van der Waals surface area (Å²) in [6.45, 7) is 0.639. The quantitative estimate of drug-likeness (QED) is 0.351. The average molecular weight is 169 g/mol. The van der Waals surface area contributed by atoms with Gasteiger partial charge in [0.2, 0.25) is 0 Å². The molecule has 0 aromatic heterocycles. The third kappa shape index (κ3) is 7.94. The Balaban J connectivity index is 2.84. The first-order valence-corrected chi connectivity index (χ1v) is 3.76. The van der Waals surface area contributed by atoms with Crippen LogP contribution in [0.5, 0.6) is 0 Å². The monoisotopic (exact) mass is 169 g/mol. The fourth-order valence-electron chi connectivity index (χ4n) is 0.284. The molecule has 1 radical (unpaired) electrons. The Kier molecular flexibility index (Phi) is 7.01. The molecule has 1 unspecified atom stereocenters. The molecule has 0 aliphatic heterocycles. The molecule has 0 spiro atoms. The van der Waals surface area contributed by atoms with E-state index in [1.54, 1.807) is 0 Å². The summed E-state index contributed by atoms with van der Waals surface area (Å²) >= 11 is 0. The fraction of sp³-hybridized carbons (Fsp3) is 1.00. The highest BCUT2D eigenvalue weighted by Crippen LogP contribution is 2.12. The van der Waals surface area contributed by atoms with Crippen LogP contribution >= 0.6 is 8.25 Å². The van der Waals surface area contributed by atoms with Crippen LogP contribution in [0.3, 0.4) is 0 Å². The van der Waals surface area contributed by atoms with E-state index in [1.807, 2.05) is 0 Å². The summed E-state index contributed by atoms with van der Waals surface area (Å²) in [5.41, 5.74) is 0. The summed E-state index contributed by atoms with van der Waals surface area (Å²) in [5, 5.41) is 0. The molecule has 10 heavy (non-hydrogen) atoms. The zero-order valence-corrected chi connectivity index (χ0v) is 6.54. The van der Waals surface area contributed by atoms with Crippen molar-refractivity contribution in [2.75, 3.05) is 27.1 Å². The van der Waals surface area contributed by atoms with Gasteiger partial charge >= 0.3 is 8.25 Å². The van der Waals surface area contributed by atoms with Gasteiger partial charge in [-0.05, 0) is 0 Å². The van der Waals surface area contributed by atoms with Crippen molar-refractivity contribution in [1.29, 1.82) is 0 Å². The van der Waals surface area contributed by atoms with Crippen LogP contribution in [0.4, 0.5) is 0 Å². The van der Waals surface area contributed by atoms with Crippen molar-refractivity contribution in [3.63, 3.8) is 0 Å². The van der Waals surface area contributed by atoms with E-state index in [-0.39, 0.29) is 6.79 Å². The zero-order chi connectivity index (χ0) is 7.82. The predicted molar refractivity (Wildman–Crippen MR) is 33.6 cm³/mol. The Morgan fingerprint density at radius 3 is 2.70 bits per heavy atom. The Morgan fingerprint density at radius 2 is 2.20 bits per heavy atom. The summed E-state index contributed by atoms with van der Waals surface area (Å²) in [6.07, 6.45) is 0. The lowest BCUT2D eigenvalue weighted by Crippen LogP contribution is -2.03. The van der Waals surface area contributed by atoms with Crippen molar-refractivity contribution >= 4 is 8.25 Å². The second kappa shape index (κ2) is 7.05. The molecule has 0 aromatic carbocycles. The van der Waals surface area contributed by atoms with Gasteiger partial charge in [-0.3, -0.25) is 9.42 Å². The molecule has 0 aliphatic rings. The van der Waals surface area contributed by atoms with Crippen LogP contribution in [0.1, 0.15) is 0 Å². The molecule has 1 N–H and O–H groups in total. The molecule has 1 atom stereocenters. The second-order valence-corrected chi connectivity index (χ2v) is 2.12. The maximum Gasteiger partial charge on any atom is 0.368 e. The minimum Gasteiger partial charge on any atom is -0.382 e. The summed E-state index contributed by atoms with van der Waals surface area (Å²) in [4.78, 5) is 8.08. The minimum atomic E-state index is -2.54. The molecular formula is C4H10O5P. The molecule has 6 heteroatoms. The Labute approximate surface area is 59.8 Å². The predicted octanol–water partition coefficient (Wildman–Crippen LogP) is 0.273. The van der Waals surface area contributed by atoms with E-state index in [4.69, 9.17) is 9.63 Å². The lowest BCUT2D eigenvalue weighted by molar-refractivity contribution is -0.00937. The van der Waals surface area contributed by atoms with Crippen molar-refractivity contribution in [1.82, 2.24) is 0 Å². The lowest BCUT2D eigenvalue weighted by Gasteiger charge is -1.99. The van der Waals surface area contributed by atoms with Crippen molar-refractivity contribution in [3.8, 4) is 0 Å². The van der Waals surface area contributed by atoms with Gasteiger partial charge in [0.1, 0.15) is 0 Å². The molecule has 0 aliphatic carbocycles. The molecule has 0 fully saturated rings. The van der Waals surface area contributed by atoms with Crippen molar-refractivity contribution in [2.45, 2.75) is 0 Å². The first kappa shape index (κ1) is 9.94. The minimum absolute atomic E-state index is 0.172. The molecule has 0 bridgehead atoms. The number of hydrogen-bond acceptors (Lipinski definition) is 4. The normalized spacial score (nSPS) is 11.6. The van der Waals surface area contributed by atoms with Crippen LogP contribution in [0, 0.1) is 0 Å². The van der Waals surface area contributed by atoms with Gasteiger partial charge in [0.25, 0.3) is 0 Å². The van der Waals surface area contributed by atoms with Crippen LogP contribution in [0.25, 0.3) is 0 Å². The smallest absolute Gasteiger partial charge is 0.368 e. The van der Waals surface area contributed by atoms with Crippen molar-refractivity contribution in [3.05, 3.63) is 0 Å². The molecule has 0 rings (SSSR count). The molecule has 0 heterocycles. The van der Waals surface area contributed by atoms with Gasteiger partial charge in [-0.1, -0.05) is 0 Å². The van der Waals surface area contributed by atoms with Gasteiger partial charge in [0.15, 0.2) is 6.79 Å². The molecule has 0 amide bonds. The zero-order valence-electron chi connectivity index (χ0n) is 5.65. The summed E-state index contributed by atoms with van der Waals surface area (Å²) in [5.74, 6) is 0. The molecular weight excluding hydrogens is 159 g/mol. The molecule has 0 saturated carbocycles.